The van der Waals surface area contributed by atoms with Crippen molar-refractivity contribution in [2.75, 3.05) is 13.2 Å². The lowest BCUT2D eigenvalue weighted by Gasteiger charge is -2.22. The molecule has 0 rings (SSSR count). The first-order valence-corrected chi connectivity index (χ1v) is 6.14. The first kappa shape index (κ1) is 17.2. The zero-order valence-corrected chi connectivity index (χ0v) is 11.1. The van der Waals surface area contributed by atoms with Crippen LogP contribution in [0.2, 0.25) is 0 Å². The van der Waals surface area contributed by atoms with Crippen LogP contribution in [0.15, 0.2) is 0 Å². The van der Waals surface area contributed by atoms with Gasteiger partial charge in [0.1, 0.15) is 0 Å². The summed E-state index contributed by atoms with van der Waals surface area (Å²) in [4.78, 5) is 0. The van der Waals surface area contributed by atoms with Crippen LogP contribution in [0.5, 0.6) is 0 Å². The fourth-order valence-electron chi connectivity index (χ4n) is 1.38. The lowest BCUT2D eigenvalue weighted by atomic mass is 9.86. The summed E-state index contributed by atoms with van der Waals surface area (Å²) in [5, 5.41) is 7.37. The van der Waals surface area contributed by atoms with Crippen LogP contribution in [-0.4, -0.2) is 25.2 Å². The van der Waals surface area contributed by atoms with E-state index in [1.165, 1.54) is 0 Å². The number of nitrogens with one attached hydrogen (secondary N) is 1. The van der Waals surface area contributed by atoms with Crippen LogP contribution in [-0.2, 0) is 4.74 Å². The molecular weight excluding hydrogens is 245 g/mol. The topological polar surface area (TPSA) is 59.1 Å². The molecule has 0 aromatic heterocycles. The van der Waals surface area contributed by atoms with Crippen LogP contribution in [0.3, 0.4) is 0 Å². The molecular formula is C12H23F3N2O. The maximum absolute atomic E-state index is 11.8. The van der Waals surface area contributed by atoms with E-state index < -0.39 is 12.6 Å². The van der Waals surface area contributed by atoms with Gasteiger partial charge < -0.3 is 10.5 Å². The van der Waals surface area contributed by atoms with Gasteiger partial charge in [0, 0.05) is 25.0 Å². The number of amidine groups is 1. The third-order valence-corrected chi connectivity index (χ3v) is 2.82. The Bertz CT molecular complexity index is 252. The van der Waals surface area contributed by atoms with Crippen molar-refractivity contribution in [1.82, 2.24) is 0 Å². The Labute approximate surface area is 106 Å². The molecule has 0 fully saturated rings. The van der Waals surface area contributed by atoms with E-state index in [-0.39, 0.29) is 24.3 Å². The van der Waals surface area contributed by atoms with Crippen molar-refractivity contribution in [2.24, 2.45) is 11.1 Å². The molecule has 18 heavy (non-hydrogen) atoms. The Hall–Kier alpha value is -0.780. The number of alkyl halides is 3. The molecule has 0 aliphatic rings. The number of ether oxygens (including phenoxy) is 1. The van der Waals surface area contributed by atoms with Crippen LogP contribution >= 0.6 is 0 Å². The second kappa shape index (κ2) is 7.61. The Morgan fingerprint density at radius 1 is 1.06 bits per heavy atom. The van der Waals surface area contributed by atoms with E-state index >= 15 is 0 Å². The van der Waals surface area contributed by atoms with E-state index in [1.807, 2.05) is 13.8 Å². The van der Waals surface area contributed by atoms with E-state index in [2.05, 4.69) is 0 Å². The van der Waals surface area contributed by atoms with E-state index in [1.54, 1.807) is 0 Å². The Morgan fingerprint density at radius 3 is 2.11 bits per heavy atom. The fraction of sp³-hybridized carbons (Fsp3) is 0.917. The van der Waals surface area contributed by atoms with Crippen LogP contribution in [0.4, 0.5) is 13.2 Å². The molecule has 0 radical (unpaired) electrons. The van der Waals surface area contributed by atoms with Crippen molar-refractivity contribution in [3.05, 3.63) is 0 Å². The Balaban J connectivity index is 3.40. The highest BCUT2D eigenvalue weighted by Crippen LogP contribution is 2.23. The van der Waals surface area contributed by atoms with Gasteiger partial charge in [-0.1, -0.05) is 20.3 Å². The summed E-state index contributed by atoms with van der Waals surface area (Å²) in [6.07, 6.45) is -2.44. The highest BCUT2D eigenvalue weighted by molar-refractivity contribution is 5.82. The van der Waals surface area contributed by atoms with Gasteiger partial charge in [-0.05, 0) is 19.3 Å². The number of rotatable bonds is 9. The minimum absolute atomic E-state index is 0.0163. The average molecular weight is 268 g/mol. The normalized spacial score (nSPS) is 12.7. The van der Waals surface area contributed by atoms with Gasteiger partial charge >= 0.3 is 6.18 Å². The molecule has 6 heteroatoms. The highest BCUT2D eigenvalue weighted by Gasteiger charge is 2.25. The molecule has 108 valence electrons. The third-order valence-electron chi connectivity index (χ3n) is 2.82. The Morgan fingerprint density at radius 2 is 1.61 bits per heavy atom. The quantitative estimate of drug-likeness (QED) is 0.382. The summed E-state index contributed by atoms with van der Waals surface area (Å²) in [5.74, 6) is 0.161. The van der Waals surface area contributed by atoms with E-state index in [4.69, 9.17) is 15.9 Å². The first-order valence-electron chi connectivity index (χ1n) is 6.14. The van der Waals surface area contributed by atoms with E-state index in [0.29, 0.717) is 6.61 Å². The number of hydrogen-bond donors (Lipinski definition) is 2. The predicted molar refractivity (Wildman–Crippen MR) is 65.7 cm³/mol. The van der Waals surface area contributed by atoms with E-state index in [9.17, 15) is 13.2 Å². The number of nitrogens with two attached hydrogens (primary N) is 1. The van der Waals surface area contributed by atoms with Crippen molar-refractivity contribution >= 4 is 5.84 Å². The van der Waals surface area contributed by atoms with Crippen LogP contribution in [0.1, 0.15) is 46.0 Å². The molecule has 0 amide bonds. The third kappa shape index (κ3) is 9.27. The first-order chi connectivity index (χ1) is 8.15. The molecule has 0 aromatic carbocycles. The zero-order valence-electron chi connectivity index (χ0n) is 11.1. The summed E-state index contributed by atoms with van der Waals surface area (Å²) in [7, 11) is 0. The minimum atomic E-state index is -4.09. The molecule has 0 spiro atoms. The summed E-state index contributed by atoms with van der Waals surface area (Å²) in [6, 6.07) is 0. The summed E-state index contributed by atoms with van der Waals surface area (Å²) < 4.78 is 40.5. The minimum Gasteiger partial charge on any atom is -0.387 e. The molecule has 0 saturated carbocycles. The molecule has 3 nitrogen and oxygen atoms in total. The molecule has 0 heterocycles. The van der Waals surface area contributed by atoms with Crippen LogP contribution < -0.4 is 5.73 Å². The SMILES string of the molecule is CC(C)(CCCCOCCCC(F)(F)F)C(=N)N. The number of halogens is 3. The monoisotopic (exact) mass is 268 g/mol. The van der Waals surface area contributed by atoms with Gasteiger partial charge in [0.15, 0.2) is 0 Å². The van der Waals surface area contributed by atoms with Crippen molar-refractivity contribution in [3.8, 4) is 0 Å². The van der Waals surface area contributed by atoms with Gasteiger partial charge in [0.05, 0.1) is 5.84 Å². The number of hydrogen-bond acceptors (Lipinski definition) is 2. The van der Waals surface area contributed by atoms with E-state index in [0.717, 1.165) is 19.3 Å². The summed E-state index contributed by atoms with van der Waals surface area (Å²) >= 11 is 0. The maximum Gasteiger partial charge on any atom is 0.389 e. The fourth-order valence-corrected chi connectivity index (χ4v) is 1.38. The number of unbranched alkanes of at least 4 members (excludes halogenated alkanes) is 1. The van der Waals surface area contributed by atoms with Gasteiger partial charge in [-0.15, -0.1) is 0 Å². The van der Waals surface area contributed by atoms with Crippen molar-refractivity contribution in [2.45, 2.75) is 52.1 Å². The van der Waals surface area contributed by atoms with Crippen molar-refractivity contribution in [3.63, 3.8) is 0 Å². The highest BCUT2D eigenvalue weighted by atomic mass is 19.4. The predicted octanol–water partition coefficient (Wildman–Crippen LogP) is 3.48. The zero-order chi connectivity index (χ0) is 14.2. The van der Waals surface area contributed by atoms with Crippen LogP contribution in [0, 0.1) is 10.8 Å². The Kier molecular flexibility index (Phi) is 7.28. The molecule has 0 aromatic rings. The molecule has 0 atom stereocenters. The summed E-state index contributed by atoms with van der Waals surface area (Å²) in [6.45, 7) is 4.42. The molecule has 0 bridgehead atoms. The van der Waals surface area contributed by atoms with Gasteiger partial charge in [0.2, 0.25) is 0 Å². The lowest BCUT2D eigenvalue weighted by molar-refractivity contribution is -0.137. The smallest absolute Gasteiger partial charge is 0.387 e. The standard InChI is InChI=1S/C12H23F3N2O/c1-11(2,10(16)17)6-3-4-8-18-9-5-7-12(13,14)15/h3-9H2,1-2H3,(H3,16,17). The lowest BCUT2D eigenvalue weighted by Crippen LogP contribution is -2.30. The van der Waals surface area contributed by atoms with Gasteiger partial charge in [-0.25, -0.2) is 0 Å². The molecule has 0 unspecified atom stereocenters. The largest absolute Gasteiger partial charge is 0.389 e. The second-order valence-electron chi connectivity index (χ2n) is 5.09. The second-order valence-corrected chi connectivity index (χ2v) is 5.09. The van der Waals surface area contributed by atoms with Gasteiger partial charge in [0.25, 0.3) is 0 Å². The molecule has 0 aliphatic carbocycles. The maximum atomic E-state index is 11.8. The molecule has 0 saturated heterocycles. The van der Waals surface area contributed by atoms with Gasteiger partial charge in [-0.2, -0.15) is 13.2 Å². The van der Waals surface area contributed by atoms with Crippen molar-refractivity contribution < 1.29 is 17.9 Å². The van der Waals surface area contributed by atoms with Gasteiger partial charge in [-0.3, -0.25) is 5.41 Å². The molecule has 3 N–H and O–H groups in total. The average Bonchev–Trinajstić information content (AvgIpc) is 2.20. The summed E-state index contributed by atoms with van der Waals surface area (Å²) in [5.41, 5.74) is 5.13. The van der Waals surface area contributed by atoms with Crippen LogP contribution in [0.25, 0.3) is 0 Å². The van der Waals surface area contributed by atoms with Crippen molar-refractivity contribution in [1.29, 1.82) is 5.41 Å². The molecule has 0 aliphatic heterocycles.